The van der Waals surface area contributed by atoms with Crippen LogP contribution in [0.25, 0.3) is 0 Å². The van der Waals surface area contributed by atoms with E-state index in [0.29, 0.717) is 0 Å². The van der Waals surface area contributed by atoms with E-state index < -0.39 is 23.8 Å². The van der Waals surface area contributed by atoms with E-state index in [1.54, 1.807) is 0 Å². The van der Waals surface area contributed by atoms with Crippen molar-refractivity contribution in [2.45, 2.75) is 0 Å². The topological polar surface area (TPSA) is 111 Å². The number of benzene rings is 2. The molecule has 2 amide bonds. The fourth-order valence-electron chi connectivity index (χ4n) is 2.14. The maximum absolute atomic E-state index is 12.3. The van der Waals surface area contributed by atoms with Crippen LogP contribution in [0.4, 0.5) is 11.4 Å². The molecule has 10 heteroatoms. The molecule has 0 aliphatic rings. The number of anilines is 2. The fraction of sp³-hybridized carbons (Fsp3) is 0.111. The zero-order valence-electron chi connectivity index (χ0n) is 14.7. The number of methoxy groups -OCH3 is 2. The number of carbonyl (C=O) groups excluding carboxylic acids is 4. The van der Waals surface area contributed by atoms with Crippen LogP contribution in [0.5, 0.6) is 0 Å². The molecule has 0 atom stereocenters. The molecule has 146 valence electrons. The Morgan fingerprint density at radius 3 is 2.04 bits per heavy atom. The summed E-state index contributed by atoms with van der Waals surface area (Å²) in [6.45, 7) is 0. The van der Waals surface area contributed by atoms with Gasteiger partial charge in [0.05, 0.1) is 46.8 Å². The van der Waals surface area contributed by atoms with Crippen LogP contribution in [-0.4, -0.2) is 38.0 Å². The molecule has 0 fully saturated rings. The van der Waals surface area contributed by atoms with E-state index in [1.165, 1.54) is 43.5 Å². The standard InChI is InChI=1S/C18H14Cl2N2O6/c1-27-17(25)9-6-7-10(18(26)28-2)13(8-9)22-16(24)15(23)21-12-5-3-4-11(19)14(12)20/h3-8H,1-2H3,(H,21,23)(H,22,24). The summed E-state index contributed by atoms with van der Waals surface area (Å²) in [5, 5.41) is 4.83. The first-order chi connectivity index (χ1) is 13.3. The molecule has 0 saturated heterocycles. The number of halogens is 2. The van der Waals surface area contributed by atoms with Crippen molar-refractivity contribution in [3.8, 4) is 0 Å². The first-order valence-corrected chi connectivity index (χ1v) is 8.41. The van der Waals surface area contributed by atoms with E-state index in [1.807, 2.05) is 0 Å². The molecule has 0 bridgehead atoms. The third kappa shape index (κ3) is 4.79. The molecule has 2 aromatic carbocycles. The normalized spacial score (nSPS) is 10.0. The van der Waals surface area contributed by atoms with Crippen LogP contribution < -0.4 is 10.6 Å². The van der Waals surface area contributed by atoms with Crippen LogP contribution >= 0.6 is 23.2 Å². The van der Waals surface area contributed by atoms with Crippen molar-refractivity contribution in [3.63, 3.8) is 0 Å². The highest BCUT2D eigenvalue weighted by molar-refractivity contribution is 6.47. The predicted molar refractivity (Wildman–Crippen MR) is 103 cm³/mol. The molecule has 0 saturated carbocycles. The SMILES string of the molecule is COC(=O)c1ccc(C(=O)OC)c(NC(=O)C(=O)Nc2cccc(Cl)c2Cl)c1. The molecule has 2 aromatic rings. The van der Waals surface area contributed by atoms with Crippen molar-refractivity contribution < 1.29 is 28.7 Å². The van der Waals surface area contributed by atoms with Gasteiger partial charge in [0.15, 0.2) is 0 Å². The lowest BCUT2D eigenvalue weighted by Crippen LogP contribution is -2.30. The number of esters is 2. The summed E-state index contributed by atoms with van der Waals surface area (Å²) in [4.78, 5) is 48.0. The Labute approximate surface area is 169 Å². The van der Waals surface area contributed by atoms with Gasteiger partial charge < -0.3 is 20.1 Å². The molecule has 0 unspecified atom stereocenters. The Balaban J connectivity index is 2.28. The lowest BCUT2D eigenvalue weighted by molar-refractivity contribution is -0.133. The third-order valence-electron chi connectivity index (χ3n) is 3.50. The van der Waals surface area contributed by atoms with E-state index in [-0.39, 0.29) is 32.5 Å². The van der Waals surface area contributed by atoms with Crippen LogP contribution in [0, 0.1) is 0 Å². The molecule has 8 nitrogen and oxygen atoms in total. The van der Waals surface area contributed by atoms with Crippen molar-refractivity contribution >= 4 is 58.3 Å². The molecule has 0 aliphatic carbocycles. The van der Waals surface area contributed by atoms with E-state index in [0.717, 1.165) is 7.11 Å². The minimum absolute atomic E-state index is 0.0582. The van der Waals surface area contributed by atoms with Crippen LogP contribution in [0.2, 0.25) is 10.0 Å². The Morgan fingerprint density at radius 1 is 0.821 bits per heavy atom. The second kappa shape index (κ2) is 9.20. The van der Waals surface area contributed by atoms with Gasteiger partial charge in [-0.2, -0.15) is 0 Å². The summed E-state index contributed by atoms with van der Waals surface area (Å²) in [6.07, 6.45) is 0. The number of rotatable bonds is 4. The molecule has 0 radical (unpaired) electrons. The highest BCUT2D eigenvalue weighted by atomic mass is 35.5. The van der Waals surface area contributed by atoms with Crippen LogP contribution in [0.3, 0.4) is 0 Å². The van der Waals surface area contributed by atoms with E-state index in [4.69, 9.17) is 23.2 Å². The Kier molecular flexibility index (Phi) is 6.97. The summed E-state index contributed by atoms with van der Waals surface area (Å²) >= 11 is 11.8. The number of hydrogen-bond donors (Lipinski definition) is 2. The number of nitrogens with one attached hydrogen (secondary N) is 2. The predicted octanol–water partition coefficient (Wildman–Crippen LogP) is 3.14. The zero-order chi connectivity index (χ0) is 20.8. The second-order valence-electron chi connectivity index (χ2n) is 5.25. The summed E-state index contributed by atoms with van der Waals surface area (Å²) in [6, 6.07) is 8.28. The van der Waals surface area contributed by atoms with Gasteiger partial charge in [-0.1, -0.05) is 29.3 Å². The van der Waals surface area contributed by atoms with Crippen molar-refractivity contribution in [2.75, 3.05) is 24.9 Å². The largest absolute Gasteiger partial charge is 0.465 e. The smallest absolute Gasteiger partial charge is 0.339 e. The highest BCUT2D eigenvalue weighted by Crippen LogP contribution is 2.29. The van der Waals surface area contributed by atoms with Crippen molar-refractivity contribution in [1.29, 1.82) is 0 Å². The number of ether oxygens (including phenoxy) is 2. The first-order valence-electron chi connectivity index (χ1n) is 7.65. The second-order valence-corrected chi connectivity index (χ2v) is 6.04. The molecule has 0 aliphatic heterocycles. The van der Waals surface area contributed by atoms with Crippen molar-refractivity contribution in [3.05, 3.63) is 57.6 Å². The molecule has 0 aromatic heterocycles. The van der Waals surface area contributed by atoms with Gasteiger partial charge in [0.25, 0.3) is 0 Å². The van der Waals surface area contributed by atoms with Crippen LogP contribution in [0.1, 0.15) is 20.7 Å². The molecular formula is C18H14Cl2N2O6. The van der Waals surface area contributed by atoms with Crippen LogP contribution in [0.15, 0.2) is 36.4 Å². The average Bonchev–Trinajstić information content (AvgIpc) is 2.70. The van der Waals surface area contributed by atoms with E-state index in [9.17, 15) is 19.2 Å². The molecule has 0 spiro atoms. The summed E-state index contributed by atoms with van der Waals surface area (Å²) in [7, 11) is 2.33. The Hall–Kier alpha value is -3.10. The van der Waals surface area contributed by atoms with Gasteiger partial charge in [-0.15, -0.1) is 0 Å². The van der Waals surface area contributed by atoms with Crippen molar-refractivity contribution in [2.24, 2.45) is 0 Å². The Bertz CT molecular complexity index is 961. The van der Waals surface area contributed by atoms with E-state index >= 15 is 0 Å². The lowest BCUT2D eigenvalue weighted by atomic mass is 10.1. The average molecular weight is 425 g/mol. The van der Waals surface area contributed by atoms with Gasteiger partial charge in [-0.25, -0.2) is 9.59 Å². The minimum atomic E-state index is -1.11. The molecular weight excluding hydrogens is 411 g/mol. The fourth-order valence-corrected chi connectivity index (χ4v) is 2.49. The van der Waals surface area contributed by atoms with Gasteiger partial charge in [0, 0.05) is 0 Å². The van der Waals surface area contributed by atoms with E-state index in [2.05, 4.69) is 20.1 Å². The summed E-state index contributed by atoms with van der Waals surface area (Å²) in [5.74, 6) is -3.64. The molecule has 28 heavy (non-hydrogen) atoms. The highest BCUT2D eigenvalue weighted by Gasteiger charge is 2.21. The zero-order valence-corrected chi connectivity index (χ0v) is 16.2. The maximum atomic E-state index is 12.3. The van der Waals surface area contributed by atoms with Gasteiger partial charge in [-0.05, 0) is 30.3 Å². The molecule has 2 rings (SSSR count). The van der Waals surface area contributed by atoms with Gasteiger partial charge in [-0.3, -0.25) is 9.59 Å². The van der Waals surface area contributed by atoms with Crippen molar-refractivity contribution in [1.82, 2.24) is 0 Å². The van der Waals surface area contributed by atoms with Gasteiger partial charge in [0.2, 0.25) is 0 Å². The minimum Gasteiger partial charge on any atom is -0.465 e. The lowest BCUT2D eigenvalue weighted by Gasteiger charge is -2.12. The quantitative estimate of drug-likeness (QED) is 0.575. The van der Waals surface area contributed by atoms with Gasteiger partial charge >= 0.3 is 23.8 Å². The maximum Gasteiger partial charge on any atom is 0.339 e. The Morgan fingerprint density at radius 2 is 1.43 bits per heavy atom. The third-order valence-corrected chi connectivity index (χ3v) is 4.32. The molecule has 2 N–H and O–H groups in total. The number of hydrogen-bond acceptors (Lipinski definition) is 6. The van der Waals surface area contributed by atoms with Gasteiger partial charge in [0.1, 0.15) is 0 Å². The monoisotopic (exact) mass is 424 g/mol. The number of amides is 2. The summed E-state index contributed by atoms with van der Waals surface area (Å²) < 4.78 is 9.23. The first kappa shape index (κ1) is 21.2. The summed E-state index contributed by atoms with van der Waals surface area (Å²) in [5.41, 5.74) is 0.0266. The number of carbonyl (C=O) groups is 4. The molecule has 0 heterocycles. The van der Waals surface area contributed by atoms with Crippen LogP contribution in [-0.2, 0) is 19.1 Å².